The van der Waals surface area contributed by atoms with Gasteiger partial charge in [0.2, 0.25) is 0 Å². The molecular formula is C12H17N3O2S. The third-order valence-corrected chi connectivity index (χ3v) is 3.72. The van der Waals surface area contributed by atoms with Gasteiger partial charge in [-0.05, 0) is 11.4 Å². The van der Waals surface area contributed by atoms with Crippen molar-refractivity contribution < 1.29 is 10.2 Å². The Hall–Kier alpha value is -1.21. The normalized spacial score (nSPS) is 13.1. The van der Waals surface area contributed by atoms with E-state index in [1.54, 1.807) is 17.5 Å². The molecule has 0 aliphatic heterocycles. The van der Waals surface area contributed by atoms with E-state index < -0.39 is 0 Å². The highest BCUT2D eigenvalue weighted by Gasteiger charge is 2.22. The molecule has 1 unspecified atom stereocenters. The van der Waals surface area contributed by atoms with E-state index >= 15 is 0 Å². The molecule has 0 aliphatic carbocycles. The first-order chi connectivity index (χ1) is 8.76. The van der Waals surface area contributed by atoms with Crippen LogP contribution in [0.3, 0.4) is 0 Å². The zero-order chi connectivity index (χ0) is 13.0. The number of aromatic nitrogens is 2. The number of hydrogen-bond acceptors (Lipinski definition) is 5. The zero-order valence-electron chi connectivity index (χ0n) is 10.2. The van der Waals surface area contributed by atoms with Crippen LogP contribution >= 0.6 is 11.3 Å². The zero-order valence-corrected chi connectivity index (χ0v) is 11.0. The van der Waals surface area contributed by atoms with Crippen LogP contribution in [0.4, 0.5) is 0 Å². The average molecular weight is 267 g/mol. The predicted octanol–water partition coefficient (Wildman–Crippen LogP) is 0.514. The number of aryl methyl sites for hydroxylation is 1. The Morgan fingerprint density at radius 3 is 2.72 bits per heavy atom. The molecule has 0 saturated heterocycles. The number of imidazole rings is 1. The molecule has 5 nitrogen and oxygen atoms in total. The lowest BCUT2D eigenvalue weighted by Crippen LogP contribution is -2.39. The van der Waals surface area contributed by atoms with Crippen molar-refractivity contribution in [2.75, 3.05) is 13.2 Å². The maximum Gasteiger partial charge on any atom is 0.131 e. The summed E-state index contributed by atoms with van der Waals surface area (Å²) in [5.41, 5.74) is 0. The molecule has 2 aromatic heterocycles. The van der Waals surface area contributed by atoms with Crippen molar-refractivity contribution >= 4 is 11.3 Å². The van der Waals surface area contributed by atoms with E-state index in [2.05, 4.69) is 10.3 Å². The molecule has 0 bridgehead atoms. The SMILES string of the molecule is Cn1ccnc1C(NC(CO)CO)c1cccs1. The summed E-state index contributed by atoms with van der Waals surface area (Å²) in [5, 5.41) is 23.6. The van der Waals surface area contributed by atoms with Crippen molar-refractivity contribution in [3.05, 3.63) is 40.6 Å². The molecule has 0 saturated carbocycles. The monoisotopic (exact) mass is 267 g/mol. The number of aliphatic hydroxyl groups excluding tert-OH is 2. The topological polar surface area (TPSA) is 70.3 Å². The molecule has 6 heteroatoms. The number of nitrogens with zero attached hydrogens (tertiary/aromatic N) is 2. The smallest absolute Gasteiger partial charge is 0.131 e. The number of thiophene rings is 1. The summed E-state index contributed by atoms with van der Waals surface area (Å²) < 4.78 is 1.93. The van der Waals surface area contributed by atoms with Gasteiger partial charge in [-0.3, -0.25) is 5.32 Å². The van der Waals surface area contributed by atoms with E-state index in [9.17, 15) is 10.2 Å². The second-order valence-corrected chi connectivity index (χ2v) is 5.05. The molecule has 2 aromatic rings. The number of nitrogens with one attached hydrogen (secondary N) is 1. The van der Waals surface area contributed by atoms with Gasteiger partial charge in [-0.25, -0.2) is 4.98 Å². The average Bonchev–Trinajstić information content (AvgIpc) is 3.03. The molecule has 0 amide bonds. The van der Waals surface area contributed by atoms with Crippen molar-refractivity contribution in [3.63, 3.8) is 0 Å². The summed E-state index contributed by atoms with van der Waals surface area (Å²) in [4.78, 5) is 5.45. The molecule has 1 atom stereocenters. The fourth-order valence-corrected chi connectivity index (χ4v) is 2.57. The van der Waals surface area contributed by atoms with E-state index in [1.807, 2.05) is 35.3 Å². The summed E-state index contributed by atoms with van der Waals surface area (Å²) in [5.74, 6) is 0.865. The molecule has 0 fully saturated rings. The van der Waals surface area contributed by atoms with Gasteiger partial charge in [-0.1, -0.05) is 6.07 Å². The Kier molecular flexibility index (Phi) is 4.48. The maximum absolute atomic E-state index is 9.19. The lowest BCUT2D eigenvalue weighted by molar-refractivity contribution is 0.165. The minimum Gasteiger partial charge on any atom is -0.395 e. The highest BCUT2D eigenvalue weighted by Crippen LogP contribution is 2.25. The van der Waals surface area contributed by atoms with Gasteiger partial charge >= 0.3 is 0 Å². The second-order valence-electron chi connectivity index (χ2n) is 4.07. The fraction of sp³-hybridized carbons (Fsp3) is 0.417. The minimum atomic E-state index is -0.353. The Morgan fingerprint density at radius 2 is 2.22 bits per heavy atom. The van der Waals surface area contributed by atoms with E-state index in [4.69, 9.17) is 0 Å². The van der Waals surface area contributed by atoms with Gasteiger partial charge in [-0.15, -0.1) is 11.3 Å². The number of rotatable bonds is 6. The molecule has 0 aliphatic rings. The van der Waals surface area contributed by atoms with Crippen molar-refractivity contribution in [3.8, 4) is 0 Å². The Balaban J connectivity index is 2.27. The first-order valence-corrected chi connectivity index (χ1v) is 6.62. The lowest BCUT2D eigenvalue weighted by Gasteiger charge is -2.22. The molecule has 18 heavy (non-hydrogen) atoms. The highest BCUT2D eigenvalue weighted by atomic mass is 32.1. The van der Waals surface area contributed by atoms with Crippen LogP contribution in [0, 0.1) is 0 Å². The van der Waals surface area contributed by atoms with Gasteiger partial charge in [0, 0.05) is 24.3 Å². The van der Waals surface area contributed by atoms with Crippen LogP contribution in [0.5, 0.6) is 0 Å². The van der Waals surface area contributed by atoms with Crippen LogP contribution in [0.15, 0.2) is 29.9 Å². The van der Waals surface area contributed by atoms with Crippen LogP contribution in [0.25, 0.3) is 0 Å². The summed E-state index contributed by atoms with van der Waals surface area (Å²) in [6.45, 7) is -0.217. The van der Waals surface area contributed by atoms with Gasteiger partial charge in [0.15, 0.2) is 0 Å². The minimum absolute atomic E-state index is 0.108. The van der Waals surface area contributed by atoms with Gasteiger partial charge in [0.25, 0.3) is 0 Å². The maximum atomic E-state index is 9.19. The van der Waals surface area contributed by atoms with Crippen molar-refractivity contribution in [1.29, 1.82) is 0 Å². The van der Waals surface area contributed by atoms with E-state index in [0.29, 0.717) is 0 Å². The third kappa shape index (κ3) is 2.78. The first kappa shape index (κ1) is 13.2. The molecule has 0 aromatic carbocycles. The number of hydrogen-bond donors (Lipinski definition) is 3. The predicted molar refractivity (Wildman–Crippen MR) is 70.5 cm³/mol. The quantitative estimate of drug-likeness (QED) is 0.713. The van der Waals surface area contributed by atoms with Crippen LogP contribution < -0.4 is 5.32 Å². The first-order valence-electron chi connectivity index (χ1n) is 5.74. The number of aliphatic hydroxyl groups is 2. The second kappa shape index (κ2) is 6.10. The van der Waals surface area contributed by atoms with Crippen molar-refractivity contribution in [2.24, 2.45) is 7.05 Å². The van der Waals surface area contributed by atoms with Crippen molar-refractivity contribution in [1.82, 2.24) is 14.9 Å². The largest absolute Gasteiger partial charge is 0.395 e. The Morgan fingerprint density at radius 1 is 1.44 bits per heavy atom. The van der Waals surface area contributed by atoms with E-state index in [1.165, 1.54) is 0 Å². The van der Waals surface area contributed by atoms with Crippen LogP contribution in [0.1, 0.15) is 16.7 Å². The molecule has 98 valence electrons. The van der Waals surface area contributed by atoms with Gasteiger partial charge in [0.05, 0.1) is 19.3 Å². The van der Waals surface area contributed by atoms with E-state index in [0.717, 1.165) is 10.7 Å². The Bertz CT molecular complexity index is 465. The van der Waals surface area contributed by atoms with Gasteiger partial charge < -0.3 is 14.8 Å². The molecule has 0 radical (unpaired) electrons. The summed E-state index contributed by atoms with van der Waals surface area (Å²) in [6, 6.07) is 3.52. The van der Waals surface area contributed by atoms with Crippen LogP contribution in [-0.2, 0) is 7.05 Å². The summed E-state index contributed by atoms with van der Waals surface area (Å²) in [7, 11) is 1.93. The standard InChI is InChI=1S/C12H17N3O2S/c1-15-5-4-13-12(15)11(10-3-2-6-18-10)14-9(7-16)8-17/h2-6,9,11,14,16-17H,7-8H2,1H3. The fourth-order valence-electron chi connectivity index (χ4n) is 1.79. The van der Waals surface area contributed by atoms with Crippen LogP contribution in [0.2, 0.25) is 0 Å². The lowest BCUT2D eigenvalue weighted by atomic mass is 10.2. The molecule has 2 heterocycles. The summed E-state index contributed by atoms with van der Waals surface area (Å²) >= 11 is 1.62. The summed E-state index contributed by atoms with van der Waals surface area (Å²) in [6.07, 6.45) is 3.62. The van der Waals surface area contributed by atoms with E-state index in [-0.39, 0.29) is 25.3 Å². The highest BCUT2D eigenvalue weighted by molar-refractivity contribution is 7.10. The van der Waals surface area contributed by atoms with Gasteiger partial charge in [0.1, 0.15) is 11.9 Å². The third-order valence-electron chi connectivity index (χ3n) is 2.79. The molecule has 3 N–H and O–H groups in total. The molecule has 0 spiro atoms. The van der Waals surface area contributed by atoms with Crippen molar-refractivity contribution in [2.45, 2.75) is 12.1 Å². The molecule has 2 rings (SSSR count). The van der Waals surface area contributed by atoms with Gasteiger partial charge in [-0.2, -0.15) is 0 Å². The van der Waals surface area contributed by atoms with Crippen LogP contribution in [-0.4, -0.2) is 39.0 Å². The molecular weight excluding hydrogens is 250 g/mol. The Labute approximate surface area is 110 Å².